The average molecular weight is 599 g/mol. The topological polar surface area (TPSA) is 112 Å². The molecule has 0 bridgehead atoms. The predicted octanol–water partition coefficient (Wildman–Crippen LogP) is 5.48. The van der Waals surface area contributed by atoms with Crippen molar-refractivity contribution in [2.45, 2.75) is 6.18 Å². The number of aryl methyl sites for hydroxylation is 1. The number of nitriles is 1. The van der Waals surface area contributed by atoms with Gasteiger partial charge in [0.05, 0.1) is 22.7 Å². The fourth-order valence-corrected chi connectivity index (χ4v) is 4.95. The van der Waals surface area contributed by atoms with Gasteiger partial charge in [-0.25, -0.2) is 0 Å². The van der Waals surface area contributed by atoms with Crippen molar-refractivity contribution in [3.8, 4) is 17.8 Å². The molecule has 1 aliphatic heterocycles. The van der Waals surface area contributed by atoms with Gasteiger partial charge in [-0.2, -0.15) is 33.4 Å². The molecule has 13 heteroatoms. The number of alkyl halides is 3. The van der Waals surface area contributed by atoms with E-state index in [1.54, 1.807) is 37.4 Å². The maximum Gasteiger partial charge on any atom is 0.416 e. The molecule has 3 aromatic carbocycles. The molecule has 222 valence electrons. The summed E-state index contributed by atoms with van der Waals surface area (Å²) in [5.74, 6) is 0.741. The van der Waals surface area contributed by atoms with Crippen LogP contribution in [0.3, 0.4) is 0 Å². The fourth-order valence-electron chi connectivity index (χ4n) is 4.95. The number of nitrogens with one attached hydrogen (secondary N) is 1. The Labute approximate surface area is 249 Å². The molecule has 1 fully saturated rings. The van der Waals surface area contributed by atoms with Crippen molar-refractivity contribution in [3.05, 3.63) is 100 Å². The first kappa shape index (κ1) is 28.5. The van der Waals surface area contributed by atoms with Gasteiger partial charge in [-0.1, -0.05) is 18.2 Å². The van der Waals surface area contributed by atoms with Gasteiger partial charge in [0, 0.05) is 56.1 Å². The lowest BCUT2D eigenvalue weighted by molar-refractivity contribution is -0.137. The Bertz CT molecular complexity index is 1930. The Morgan fingerprint density at radius 3 is 2.34 bits per heavy atom. The molecule has 0 amide bonds. The van der Waals surface area contributed by atoms with E-state index in [0.717, 1.165) is 12.1 Å². The molecule has 6 rings (SSSR count). The lowest BCUT2D eigenvalue weighted by Gasteiger charge is -2.36. The Kier molecular flexibility index (Phi) is 7.48. The minimum atomic E-state index is -4.42. The molecule has 1 N–H and O–H groups in total. The monoisotopic (exact) mass is 598 g/mol. The highest BCUT2D eigenvalue weighted by Crippen LogP contribution is 2.33. The van der Waals surface area contributed by atoms with Crippen LogP contribution in [0.1, 0.15) is 11.1 Å². The van der Waals surface area contributed by atoms with Crippen LogP contribution >= 0.6 is 0 Å². The molecule has 2 aromatic heterocycles. The van der Waals surface area contributed by atoms with Gasteiger partial charge in [0.2, 0.25) is 11.9 Å². The molecule has 0 aliphatic carbocycles. The zero-order valence-corrected chi connectivity index (χ0v) is 23.4. The largest absolute Gasteiger partial charge is 0.423 e. The number of anilines is 4. The SMILES string of the molecule is Cn1c(=O)cc(Oc2nc(Nc3ccc(C#N)cc3)nc(N3CCN(c4cccc(C(F)(F)F)c4)CC3)n2)c2ccccc21. The van der Waals surface area contributed by atoms with E-state index in [0.29, 0.717) is 60.0 Å². The summed E-state index contributed by atoms with van der Waals surface area (Å²) in [4.78, 5) is 30.0. The molecule has 5 aromatic rings. The molecular formula is C31H25F3N8O2. The summed E-state index contributed by atoms with van der Waals surface area (Å²) in [5.41, 5.74) is 1.31. The molecule has 1 saturated heterocycles. The van der Waals surface area contributed by atoms with Gasteiger partial charge in [0.25, 0.3) is 5.56 Å². The van der Waals surface area contributed by atoms with Crippen LogP contribution in [0.2, 0.25) is 0 Å². The number of benzene rings is 3. The number of aromatic nitrogens is 4. The van der Waals surface area contributed by atoms with Crippen LogP contribution in [0.25, 0.3) is 10.9 Å². The zero-order chi connectivity index (χ0) is 30.8. The number of pyridine rings is 1. The molecule has 44 heavy (non-hydrogen) atoms. The highest BCUT2D eigenvalue weighted by molar-refractivity contribution is 5.85. The summed E-state index contributed by atoms with van der Waals surface area (Å²) in [7, 11) is 1.67. The fraction of sp³-hybridized carbons (Fsp3) is 0.194. The average Bonchev–Trinajstić information content (AvgIpc) is 3.03. The lowest BCUT2D eigenvalue weighted by atomic mass is 10.1. The summed E-state index contributed by atoms with van der Waals surface area (Å²) >= 11 is 0. The molecule has 1 aliphatic rings. The summed E-state index contributed by atoms with van der Waals surface area (Å²) in [5, 5.41) is 12.9. The number of nitrogens with zero attached hydrogens (tertiary/aromatic N) is 7. The van der Waals surface area contributed by atoms with Crippen LogP contribution < -0.4 is 25.4 Å². The highest BCUT2D eigenvalue weighted by atomic mass is 19.4. The van der Waals surface area contributed by atoms with Crippen molar-refractivity contribution in [1.29, 1.82) is 5.26 Å². The van der Waals surface area contributed by atoms with E-state index in [4.69, 9.17) is 10.00 Å². The standard InChI is InChI=1S/C31H25F3N8O2/c1-40-25-8-3-2-7-24(25)26(18-27(40)43)44-30-38-28(36-22-11-9-20(19-35)10-12-22)37-29(39-30)42-15-13-41(14-16-42)23-6-4-5-21(17-23)31(32,33)34/h2-12,17-18H,13-16H2,1H3,(H,36,37,38,39). The van der Waals surface area contributed by atoms with Crippen molar-refractivity contribution < 1.29 is 17.9 Å². The van der Waals surface area contributed by atoms with Crippen LogP contribution in [0.5, 0.6) is 11.8 Å². The number of para-hydroxylation sites is 1. The third-order valence-electron chi connectivity index (χ3n) is 7.29. The third-order valence-corrected chi connectivity index (χ3v) is 7.29. The highest BCUT2D eigenvalue weighted by Gasteiger charge is 2.31. The molecule has 0 unspecified atom stereocenters. The predicted molar refractivity (Wildman–Crippen MR) is 159 cm³/mol. The smallest absolute Gasteiger partial charge is 0.416 e. The van der Waals surface area contributed by atoms with Crippen LogP contribution in [0.4, 0.5) is 36.4 Å². The second-order valence-corrected chi connectivity index (χ2v) is 10.1. The third kappa shape index (κ3) is 5.96. The second-order valence-electron chi connectivity index (χ2n) is 10.1. The molecular weight excluding hydrogens is 573 g/mol. The first-order valence-corrected chi connectivity index (χ1v) is 13.6. The molecule has 3 heterocycles. The number of piperazine rings is 1. The molecule has 10 nitrogen and oxygen atoms in total. The van der Waals surface area contributed by atoms with Crippen LogP contribution in [-0.4, -0.2) is 45.7 Å². The summed E-state index contributed by atoms with van der Waals surface area (Å²) in [6, 6.07) is 22.7. The van der Waals surface area contributed by atoms with Crippen LogP contribution in [0.15, 0.2) is 83.7 Å². The Morgan fingerprint density at radius 2 is 1.61 bits per heavy atom. The van der Waals surface area contributed by atoms with Gasteiger partial charge in [0.1, 0.15) is 5.75 Å². The van der Waals surface area contributed by atoms with Crippen LogP contribution in [0, 0.1) is 11.3 Å². The Morgan fingerprint density at radius 1 is 0.886 bits per heavy atom. The minimum Gasteiger partial charge on any atom is -0.423 e. The van der Waals surface area contributed by atoms with Crippen molar-refractivity contribution in [2.24, 2.45) is 7.05 Å². The van der Waals surface area contributed by atoms with Gasteiger partial charge >= 0.3 is 12.2 Å². The number of fused-ring (bicyclic) bond motifs is 1. The normalized spacial score (nSPS) is 13.5. The van der Waals surface area contributed by atoms with Crippen molar-refractivity contribution in [3.63, 3.8) is 0 Å². The summed E-state index contributed by atoms with van der Waals surface area (Å²) in [6.45, 7) is 1.71. The van der Waals surface area contributed by atoms with Crippen molar-refractivity contribution in [1.82, 2.24) is 19.5 Å². The Hall–Kier alpha value is -5.64. The molecule has 0 saturated carbocycles. The number of rotatable bonds is 6. The van der Waals surface area contributed by atoms with Crippen molar-refractivity contribution in [2.75, 3.05) is 41.3 Å². The van der Waals surface area contributed by atoms with E-state index in [-0.39, 0.29) is 23.3 Å². The minimum absolute atomic E-state index is 0.0511. The zero-order valence-electron chi connectivity index (χ0n) is 23.4. The van der Waals surface area contributed by atoms with E-state index in [1.807, 2.05) is 34.1 Å². The Balaban J connectivity index is 1.30. The van der Waals surface area contributed by atoms with Crippen LogP contribution in [-0.2, 0) is 13.2 Å². The summed E-state index contributed by atoms with van der Waals surface area (Å²) < 4.78 is 47.4. The van der Waals surface area contributed by atoms with Gasteiger partial charge < -0.3 is 24.4 Å². The van der Waals surface area contributed by atoms with E-state index in [1.165, 1.54) is 16.7 Å². The van der Waals surface area contributed by atoms with E-state index in [2.05, 4.69) is 26.3 Å². The second kappa shape index (κ2) is 11.6. The molecule has 0 spiro atoms. The number of ether oxygens (including phenoxy) is 1. The van der Waals surface area contributed by atoms with Gasteiger partial charge in [-0.3, -0.25) is 4.79 Å². The first-order valence-electron chi connectivity index (χ1n) is 13.6. The van der Waals surface area contributed by atoms with Gasteiger partial charge in [-0.15, -0.1) is 0 Å². The number of hydrogen-bond donors (Lipinski definition) is 1. The number of hydrogen-bond acceptors (Lipinski definition) is 9. The maximum absolute atomic E-state index is 13.3. The number of halogens is 3. The van der Waals surface area contributed by atoms with E-state index < -0.39 is 11.7 Å². The first-order chi connectivity index (χ1) is 21.2. The van der Waals surface area contributed by atoms with Crippen molar-refractivity contribution >= 4 is 34.2 Å². The lowest BCUT2D eigenvalue weighted by Crippen LogP contribution is -2.47. The van der Waals surface area contributed by atoms with E-state index in [9.17, 15) is 18.0 Å². The van der Waals surface area contributed by atoms with Gasteiger partial charge in [0.15, 0.2) is 0 Å². The molecule has 0 atom stereocenters. The quantitative estimate of drug-likeness (QED) is 0.272. The van der Waals surface area contributed by atoms with E-state index >= 15 is 0 Å². The van der Waals surface area contributed by atoms with Gasteiger partial charge in [-0.05, 0) is 54.6 Å². The summed E-state index contributed by atoms with van der Waals surface area (Å²) in [6.07, 6.45) is -4.42. The molecule has 0 radical (unpaired) electrons. The maximum atomic E-state index is 13.3.